The Hall–Kier alpha value is -2.06. The van der Waals surface area contributed by atoms with Crippen LogP contribution in [0.25, 0.3) is 0 Å². The number of carbonyl (C=O) groups is 1. The minimum atomic E-state index is -1.04. The summed E-state index contributed by atoms with van der Waals surface area (Å²) in [6.07, 6.45) is 1.57. The maximum absolute atomic E-state index is 13.3. The van der Waals surface area contributed by atoms with Crippen molar-refractivity contribution in [3.8, 4) is 5.88 Å². The molecule has 0 fully saturated rings. The van der Waals surface area contributed by atoms with Crippen LogP contribution < -0.4 is 10.5 Å². The highest BCUT2D eigenvalue weighted by Crippen LogP contribution is 2.35. The van der Waals surface area contributed by atoms with Crippen molar-refractivity contribution >= 4 is 34.9 Å². The van der Waals surface area contributed by atoms with Crippen LogP contribution in [-0.4, -0.2) is 27.3 Å². The topological polar surface area (TPSA) is 92.3 Å². The maximum atomic E-state index is 13.3. The van der Waals surface area contributed by atoms with Gasteiger partial charge in [-0.3, -0.25) is 4.68 Å². The third-order valence-corrected chi connectivity index (χ3v) is 3.40. The van der Waals surface area contributed by atoms with Crippen LogP contribution in [0, 0.1) is 5.95 Å². The lowest BCUT2D eigenvalue weighted by atomic mass is 10.4. The lowest BCUT2D eigenvalue weighted by molar-refractivity contribution is -0.147. The molecule has 0 atom stereocenters. The fourth-order valence-corrected chi connectivity index (χ4v) is 1.85. The van der Waals surface area contributed by atoms with Gasteiger partial charge in [-0.2, -0.15) is 14.5 Å². The van der Waals surface area contributed by atoms with E-state index in [-0.39, 0.29) is 23.2 Å². The Bertz CT molecular complexity index is 708. The summed E-state index contributed by atoms with van der Waals surface area (Å²) in [6, 6.07) is 1.70. The van der Waals surface area contributed by atoms with E-state index in [0.29, 0.717) is 5.69 Å². The van der Waals surface area contributed by atoms with E-state index in [1.807, 2.05) is 0 Å². The lowest BCUT2D eigenvalue weighted by Crippen LogP contribution is -2.16. The van der Waals surface area contributed by atoms with E-state index in [1.54, 1.807) is 24.0 Å². The van der Waals surface area contributed by atoms with Crippen molar-refractivity contribution in [2.45, 2.75) is 6.61 Å². The number of pyridine rings is 1. The molecule has 0 aliphatic carbocycles. The predicted molar refractivity (Wildman–Crippen MR) is 77.1 cm³/mol. The molecule has 0 saturated heterocycles. The van der Waals surface area contributed by atoms with Gasteiger partial charge in [-0.15, -0.1) is 0 Å². The molecule has 0 aliphatic heterocycles. The van der Waals surface area contributed by atoms with Gasteiger partial charge in [-0.1, -0.05) is 23.2 Å². The van der Waals surface area contributed by atoms with Gasteiger partial charge in [0.2, 0.25) is 11.8 Å². The number of hydrogen-bond donors (Lipinski definition) is 1. The van der Waals surface area contributed by atoms with Crippen molar-refractivity contribution < 1.29 is 18.7 Å². The first kappa shape index (κ1) is 16.3. The fourth-order valence-electron chi connectivity index (χ4n) is 1.47. The number of carbonyl (C=O) groups excluding carboxylic acids is 1. The van der Waals surface area contributed by atoms with Crippen LogP contribution >= 0.6 is 23.2 Å². The molecule has 0 spiro atoms. The van der Waals surface area contributed by atoms with Gasteiger partial charge in [-0.05, 0) is 6.07 Å². The van der Waals surface area contributed by atoms with Crippen molar-refractivity contribution in [3.63, 3.8) is 0 Å². The van der Waals surface area contributed by atoms with Crippen LogP contribution in [0.4, 0.5) is 10.1 Å². The molecular weight excluding hydrogens is 338 g/mol. The average molecular weight is 349 g/mol. The summed E-state index contributed by atoms with van der Waals surface area (Å²) < 4.78 is 24.9. The van der Waals surface area contributed by atoms with E-state index >= 15 is 0 Å². The second kappa shape index (κ2) is 6.80. The van der Waals surface area contributed by atoms with Crippen molar-refractivity contribution in [3.05, 3.63) is 34.0 Å². The first-order valence-electron chi connectivity index (χ1n) is 5.95. The third-order valence-electron chi connectivity index (χ3n) is 2.67. The minimum Gasteiger partial charge on any atom is -0.464 e. The summed E-state index contributed by atoms with van der Waals surface area (Å²) in [4.78, 5) is 14.9. The quantitative estimate of drug-likeness (QED) is 0.655. The molecule has 0 radical (unpaired) electrons. The minimum absolute atomic E-state index is 0.0248. The predicted octanol–water partition coefficient (Wildman–Crippen LogP) is 1.97. The number of aromatic nitrogens is 3. The number of rotatable bonds is 5. The molecule has 0 unspecified atom stereocenters. The maximum Gasteiger partial charge on any atom is 0.344 e. The van der Waals surface area contributed by atoms with E-state index in [2.05, 4.69) is 10.1 Å². The zero-order valence-electron chi connectivity index (χ0n) is 11.3. The Morgan fingerprint density at radius 1 is 1.45 bits per heavy atom. The number of nitrogens with zero attached hydrogens (tertiary/aromatic N) is 3. The van der Waals surface area contributed by atoms with Crippen LogP contribution in [0.5, 0.6) is 5.88 Å². The first-order valence-corrected chi connectivity index (χ1v) is 6.71. The molecule has 0 saturated carbocycles. The van der Waals surface area contributed by atoms with Crippen LogP contribution in [-0.2, 0) is 23.2 Å². The molecule has 0 aliphatic rings. The number of hydrogen-bond acceptors (Lipinski definition) is 6. The number of nitrogen functional groups attached to an aromatic ring is 1. The molecule has 2 rings (SSSR count). The van der Waals surface area contributed by atoms with E-state index in [9.17, 15) is 9.18 Å². The van der Waals surface area contributed by atoms with Gasteiger partial charge >= 0.3 is 5.97 Å². The van der Waals surface area contributed by atoms with Crippen molar-refractivity contribution in [2.24, 2.45) is 7.05 Å². The van der Waals surface area contributed by atoms with E-state index < -0.39 is 23.5 Å². The molecule has 118 valence electrons. The molecule has 2 aromatic rings. The molecule has 22 heavy (non-hydrogen) atoms. The average Bonchev–Trinajstić information content (AvgIpc) is 2.90. The Morgan fingerprint density at radius 2 is 2.18 bits per heavy atom. The summed E-state index contributed by atoms with van der Waals surface area (Å²) in [5, 5.41) is 3.34. The highest BCUT2D eigenvalue weighted by atomic mass is 35.5. The number of halogens is 3. The smallest absolute Gasteiger partial charge is 0.344 e. The van der Waals surface area contributed by atoms with E-state index in [4.69, 9.17) is 38.4 Å². The molecule has 7 nitrogen and oxygen atoms in total. The van der Waals surface area contributed by atoms with E-state index in [1.165, 1.54) is 0 Å². The zero-order valence-corrected chi connectivity index (χ0v) is 12.9. The van der Waals surface area contributed by atoms with Crippen molar-refractivity contribution in [2.75, 3.05) is 12.3 Å². The number of esters is 1. The molecule has 0 aromatic carbocycles. The normalized spacial score (nSPS) is 10.5. The van der Waals surface area contributed by atoms with Crippen LogP contribution in [0.3, 0.4) is 0 Å². The highest BCUT2D eigenvalue weighted by molar-refractivity contribution is 6.39. The molecule has 2 heterocycles. The second-order valence-electron chi connectivity index (χ2n) is 4.14. The molecule has 10 heteroatoms. The number of ether oxygens (including phenoxy) is 2. The van der Waals surface area contributed by atoms with Gasteiger partial charge in [0.1, 0.15) is 16.7 Å². The number of aryl methyl sites for hydroxylation is 1. The largest absolute Gasteiger partial charge is 0.464 e. The Kier molecular flexibility index (Phi) is 5.04. The zero-order chi connectivity index (χ0) is 16.3. The molecule has 0 amide bonds. The van der Waals surface area contributed by atoms with Crippen molar-refractivity contribution in [1.82, 2.24) is 14.8 Å². The lowest BCUT2D eigenvalue weighted by Gasteiger charge is -2.10. The molecular formula is C12H11Cl2FN4O3. The Balaban J connectivity index is 1.93. The molecule has 0 bridgehead atoms. The van der Waals surface area contributed by atoms with Crippen LogP contribution in [0.15, 0.2) is 12.3 Å². The highest BCUT2D eigenvalue weighted by Gasteiger charge is 2.17. The second-order valence-corrected chi connectivity index (χ2v) is 4.90. The third kappa shape index (κ3) is 3.58. The van der Waals surface area contributed by atoms with Gasteiger partial charge in [0.25, 0.3) is 0 Å². The van der Waals surface area contributed by atoms with Gasteiger partial charge in [-0.25, -0.2) is 4.79 Å². The standard InChI is InChI=1S/C12H11Cl2FN4O3/c1-19-6(2-3-17-19)4-21-7(20)5-22-12-9(14)10(16)8(13)11(15)18-12/h2-3H,4-5H2,1H3,(H2,16,18). The van der Waals surface area contributed by atoms with Crippen LogP contribution in [0.2, 0.25) is 10.0 Å². The Labute approximate surface area is 134 Å². The first-order chi connectivity index (χ1) is 10.4. The monoisotopic (exact) mass is 348 g/mol. The summed E-state index contributed by atoms with van der Waals surface area (Å²) in [7, 11) is 1.71. The number of nitrogens with two attached hydrogens (primary N) is 1. The molecule has 2 aromatic heterocycles. The molecule has 2 N–H and O–H groups in total. The summed E-state index contributed by atoms with van der Waals surface area (Å²) in [6.45, 7) is -0.484. The van der Waals surface area contributed by atoms with Gasteiger partial charge in [0.15, 0.2) is 6.61 Å². The van der Waals surface area contributed by atoms with Gasteiger partial charge in [0.05, 0.1) is 11.4 Å². The summed E-state index contributed by atoms with van der Waals surface area (Å²) in [5.41, 5.74) is 5.97. The SMILES string of the molecule is Cn1nccc1COC(=O)COc1nc(F)c(Cl)c(N)c1Cl. The van der Waals surface area contributed by atoms with E-state index in [0.717, 1.165) is 0 Å². The Morgan fingerprint density at radius 3 is 2.82 bits per heavy atom. The van der Waals surface area contributed by atoms with Gasteiger partial charge in [0, 0.05) is 13.2 Å². The fraction of sp³-hybridized carbons (Fsp3) is 0.250. The van der Waals surface area contributed by atoms with Crippen molar-refractivity contribution in [1.29, 1.82) is 0 Å². The summed E-state index contributed by atoms with van der Waals surface area (Å²) >= 11 is 11.3. The summed E-state index contributed by atoms with van der Waals surface area (Å²) in [5.74, 6) is -2.06. The van der Waals surface area contributed by atoms with Crippen LogP contribution in [0.1, 0.15) is 5.69 Å². The number of anilines is 1. The van der Waals surface area contributed by atoms with Gasteiger partial charge < -0.3 is 15.2 Å².